The van der Waals surface area contributed by atoms with Crippen LogP contribution in [0.5, 0.6) is 0 Å². The van der Waals surface area contributed by atoms with E-state index in [1.165, 1.54) is 0 Å². The van der Waals surface area contributed by atoms with E-state index < -0.39 is 0 Å². The lowest BCUT2D eigenvalue weighted by Gasteiger charge is -2.12. The van der Waals surface area contributed by atoms with Gasteiger partial charge in [0.2, 0.25) is 0 Å². The maximum Gasteiger partial charge on any atom is 0.196 e. The van der Waals surface area contributed by atoms with Crippen molar-refractivity contribution in [1.29, 1.82) is 0 Å². The first-order valence-electron chi connectivity index (χ1n) is 8.86. The molecule has 7 heteroatoms. The third-order valence-corrected chi connectivity index (χ3v) is 6.34. The zero-order chi connectivity index (χ0) is 20.4. The molecule has 0 saturated heterocycles. The number of aryl methyl sites for hydroxylation is 1. The van der Waals surface area contributed by atoms with E-state index in [2.05, 4.69) is 29.3 Å². The second kappa shape index (κ2) is 8.80. The van der Waals surface area contributed by atoms with Gasteiger partial charge in [0.25, 0.3) is 0 Å². The second-order valence-corrected chi connectivity index (χ2v) is 8.72. The summed E-state index contributed by atoms with van der Waals surface area (Å²) < 4.78 is 2.01. The van der Waals surface area contributed by atoms with Crippen molar-refractivity contribution < 1.29 is 0 Å². The second-order valence-electron chi connectivity index (χ2n) is 6.52. The SMILES string of the molecule is Cc1cccc(-c2nnc(SCc3ccc(Cl)cc3)n2-c2ccc(Cl)c(Cl)c2)c1. The van der Waals surface area contributed by atoms with Crippen molar-refractivity contribution in [1.82, 2.24) is 14.8 Å². The molecule has 3 nitrogen and oxygen atoms in total. The van der Waals surface area contributed by atoms with Gasteiger partial charge in [-0.2, -0.15) is 0 Å². The third kappa shape index (κ3) is 4.62. The molecule has 146 valence electrons. The number of benzene rings is 3. The number of hydrogen-bond donors (Lipinski definition) is 0. The number of rotatable bonds is 5. The molecule has 0 aliphatic carbocycles. The van der Waals surface area contributed by atoms with Crippen LogP contribution in [-0.4, -0.2) is 14.8 Å². The fraction of sp³-hybridized carbons (Fsp3) is 0.0909. The summed E-state index contributed by atoms with van der Waals surface area (Å²) in [5.41, 5.74) is 4.16. The molecule has 0 amide bonds. The lowest BCUT2D eigenvalue weighted by Crippen LogP contribution is -2.00. The van der Waals surface area contributed by atoms with Crippen LogP contribution in [0.1, 0.15) is 11.1 Å². The highest BCUT2D eigenvalue weighted by atomic mass is 35.5. The Morgan fingerprint density at radius 3 is 2.38 bits per heavy atom. The van der Waals surface area contributed by atoms with Gasteiger partial charge in [-0.3, -0.25) is 4.57 Å². The first-order chi connectivity index (χ1) is 14.0. The van der Waals surface area contributed by atoms with Crippen molar-refractivity contribution in [3.63, 3.8) is 0 Å². The molecule has 0 saturated carbocycles. The maximum atomic E-state index is 6.29. The highest BCUT2D eigenvalue weighted by Crippen LogP contribution is 2.32. The van der Waals surface area contributed by atoms with E-state index >= 15 is 0 Å². The monoisotopic (exact) mass is 459 g/mol. The van der Waals surface area contributed by atoms with Crippen molar-refractivity contribution in [2.24, 2.45) is 0 Å². The predicted molar refractivity (Wildman–Crippen MR) is 123 cm³/mol. The average molecular weight is 461 g/mol. The number of hydrogen-bond acceptors (Lipinski definition) is 3. The molecule has 0 spiro atoms. The molecule has 0 bridgehead atoms. The van der Waals surface area contributed by atoms with Gasteiger partial charge in [0.1, 0.15) is 0 Å². The molecular weight excluding hydrogens is 445 g/mol. The average Bonchev–Trinajstić information content (AvgIpc) is 3.14. The molecule has 0 radical (unpaired) electrons. The van der Waals surface area contributed by atoms with E-state index in [4.69, 9.17) is 34.8 Å². The van der Waals surface area contributed by atoms with Crippen molar-refractivity contribution in [2.75, 3.05) is 0 Å². The normalized spacial score (nSPS) is 11.0. The van der Waals surface area contributed by atoms with E-state index in [1.807, 2.05) is 53.1 Å². The Balaban J connectivity index is 1.76. The molecule has 0 aliphatic heterocycles. The van der Waals surface area contributed by atoms with Gasteiger partial charge in [0.15, 0.2) is 11.0 Å². The van der Waals surface area contributed by atoms with Crippen LogP contribution >= 0.6 is 46.6 Å². The molecule has 0 unspecified atom stereocenters. The largest absolute Gasteiger partial charge is 0.270 e. The van der Waals surface area contributed by atoms with Gasteiger partial charge in [0.05, 0.1) is 15.7 Å². The van der Waals surface area contributed by atoms with Gasteiger partial charge < -0.3 is 0 Å². The molecule has 3 aromatic carbocycles. The number of nitrogens with zero attached hydrogens (tertiary/aromatic N) is 3. The van der Waals surface area contributed by atoms with E-state index in [1.54, 1.807) is 17.8 Å². The van der Waals surface area contributed by atoms with Crippen LogP contribution < -0.4 is 0 Å². The Morgan fingerprint density at radius 1 is 0.862 bits per heavy atom. The molecule has 4 aromatic rings. The summed E-state index contributed by atoms with van der Waals surface area (Å²) in [5.74, 6) is 1.50. The summed E-state index contributed by atoms with van der Waals surface area (Å²) in [4.78, 5) is 0. The van der Waals surface area contributed by atoms with Crippen LogP contribution in [0.3, 0.4) is 0 Å². The summed E-state index contributed by atoms with van der Waals surface area (Å²) >= 11 is 20.0. The fourth-order valence-electron chi connectivity index (χ4n) is 2.92. The Labute approximate surface area is 188 Å². The highest BCUT2D eigenvalue weighted by Gasteiger charge is 2.17. The topological polar surface area (TPSA) is 30.7 Å². The van der Waals surface area contributed by atoms with Crippen LogP contribution in [0.15, 0.2) is 71.9 Å². The van der Waals surface area contributed by atoms with Crippen molar-refractivity contribution in [2.45, 2.75) is 17.8 Å². The van der Waals surface area contributed by atoms with Crippen LogP contribution in [0.2, 0.25) is 15.1 Å². The van der Waals surface area contributed by atoms with E-state index in [0.29, 0.717) is 10.0 Å². The Kier molecular flexibility index (Phi) is 6.16. The number of aromatic nitrogens is 3. The highest BCUT2D eigenvalue weighted by molar-refractivity contribution is 7.98. The van der Waals surface area contributed by atoms with Crippen LogP contribution in [0, 0.1) is 6.92 Å². The minimum Gasteiger partial charge on any atom is -0.270 e. The Hall–Kier alpha value is -1.98. The molecular formula is C22H16Cl3N3S. The summed E-state index contributed by atoms with van der Waals surface area (Å²) in [6.45, 7) is 2.06. The molecule has 0 fully saturated rings. The molecule has 0 aliphatic rings. The zero-order valence-electron chi connectivity index (χ0n) is 15.4. The fourth-order valence-corrected chi connectivity index (χ4v) is 4.25. The first-order valence-corrected chi connectivity index (χ1v) is 11.0. The van der Waals surface area contributed by atoms with Gasteiger partial charge in [-0.25, -0.2) is 0 Å². The Bertz CT molecular complexity index is 1160. The predicted octanol–water partition coefficient (Wildman–Crippen LogP) is 7.50. The quantitative estimate of drug-likeness (QED) is 0.289. The minimum atomic E-state index is 0.488. The van der Waals surface area contributed by atoms with E-state index in [9.17, 15) is 0 Å². The number of halogens is 3. The van der Waals surface area contributed by atoms with Crippen LogP contribution in [0.25, 0.3) is 17.1 Å². The molecule has 29 heavy (non-hydrogen) atoms. The number of thioether (sulfide) groups is 1. The van der Waals surface area contributed by atoms with Crippen molar-refractivity contribution in [3.05, 3.63) is 92.9 Å². The van der Waals surface area contributed by atoms with Crippen LogP contribution in [-0.2, 0) is 5.75 Å². The zero-order valence-corrected chi connectivity index (χ0v) is 18.5. The molecule has 1 heterocycles. The lowest BCUT2D eigenvalue weighted by atomic mass is 10.1. The van der Waals surface area contributed by atoms with Crippen LogP contribution in [0.4, 0.5) is 0 Å². The smallest absolute Gasteiger partial charge is 0.196 e. The summed E-state index contributed by atoms with van der Waals surface area (Å²) in [7, 11) is 0. The molecule has 0 N–H and O–H groups in total. The third-order valence-electron chi connectivity index (χ3n) is 4.35. The first kappa shape index (κ1) is 20.3. The van der Waals surface area contributed by atoms with Gasteiger partial charge in [-0.05, 0) is 48.9 Å². The van der Waals surface area contributed by atoms with Gasteiger partial charge >= 0.3 is 0 Å². The lowest BCUT2D eigenvalue weighted by molar-refractivity contribution is 0.886. The molecule has 0 atom stereocenters. The van der Waals surface area contributed by atoms with Crippen molar-refractivity contribution in [3.8, 4) is 17.1 Å². The summed E-state index contributed by atoms with van der Waals surface area (Å²) in [6.07, 6.45) is 0. The van der Waals surface area contributed by atoms with Crippen molar-refractivity contribution >= 4 is 46.6 Å². The van der Waals surface area contributed by atoms with Gasteiger partial charge in [0, 0.05) is 16.3 Å². The summed E-state index contributed by atoms with van der Waals surface area (Å²) in [5, 5.41) is 11.4. The van der Waals surface area contributed by atoms with E-state index in [0.717, 1.165) is 44.1 Å². The minimum absolute atomic E-state index is 0.488. The standard InChI is InChI=1S/C22H16Cl3N3S/c1-14-3-2-4-16(11-14)21-26-27-22(29-13-15-5-7-17(23)8-6-15)28(21)18-9-10-19(24)20(25)12-18/h2-12H,13H2,1H3. The summed E-state index contributed by atoms with van der Waals surface area (Å²) in [6, 6.07) is 21.5. The Morgan fingerprint density at radius 2 is 1.66 bits per heavy atom. The van der Waals surface area contributed by atoms with E-state index in [-0.39, 0.29) is 0 Å². The van der Waals surface area contributed by atoms with Gasteiger partial charge in [-0.15, -0.1) is 10.2 Å². The molecule has 4 rings (SSSR count). The van der Waals surface area contributed by atoms with Gasteiger partial charge in [-0.1, -0.05) is 82.5 Å². The molecule has 1 aromatic heterocycles. The maximum absolute atomic E-state index is 6.29.